The maximum atomic E-state index is 8.67. The Morgan fingerprint density at radius 3 is 2.81 bits per heavy atom. The fourth-order valence-electron chi connectivity index (χ4n) is 1.06. The van der Waals surface area contributed by atoms with E-state index in [9.17, 15) is 0 Å². The van der Waals surface area contributed by atoms with Gasteiger partial charge in [-0.05, 0) is 19.9 Å². The van der Waals surface area contributed by atoms with Crippen molar-refractivity contribution in [3.63, 3.8) is 0 Å². The van der Waals surface area contributed by atoms with Gasteiger partial charge < -0.3 is 9.47 Å². The standard InChI is InChI=1S/C12H16N2O2/c1-12(2,15-3)7-8-16-11-6-4-5-10(9-13)14-11/h4-6H,7-8H2,1-3H3. The lowest BCUT2D eigenvalue weighted by molar-refractivity contribution is 0.00508. The van der Waals surface area contributed by atoms with Crippen LogP contribution in [0.25, 0.3) is 0 Å². The summed E-state index contributed by atoms with van der Waals surface area (Å²) in [5, 5.41) is 8.67. The van der Waals surface area contributed by atoms with E-state index in [0.717, 1.165) is 6.42 Å². The van der Waals surface area contributed by atoms with Gasteiger partial charge in [-0.2, -0.15) is 5.26 Å². The Hall–Kier alpha value is -1.60. The third-order valence-corrected chi connectivity index (χ3v) is 2.34. The molecule has 0 aromatic carbocycles. The fraction of sp³-hybridized carbons (Fsp3) is 0.500. The number of rotatable bonds is 5. The SMILES string of the molecule is COC(C)(C)CCOc1cccc(C#N)n1. The van der Waals surface area contributed by atoms with E-state index in [0.29, 0.717) is 18.2 Å². The van der Waals surface area contributed by atoms with Crippen molar-refractivity contribution < 1.29 is 9.47 Å². The molecule has 0 aliphatic heterocycles. The van der Waals surface area contributed by atoms with Gasteiger partial charge in [0.1, 0.15) is 11.8 Å². The summed E-state index contributed by atoms with van der Waals surface area (Å²) in [7, 11) is 1.68. The molecule has 1 aromatic heterocycles. The molecule has 4 nitrogen and oxygen atoms in total. The van der Waals surface area contributed by atoms with Gasteiger partial charge in [0.2, 0.25) is 5.88 Å². The molecule has 0 bridgehead atoms. The second-order valence-electron chi connectivity index (χ2n) is 4.04. The summed E-state index contributed by atoms with van der Waals surface area (Å²) in [6, 6.07) is 7.10. The van der Waals surface area contributed by atoms with Crippen LogP contribution in [0.4, 0.5) is 0 Å². The fourth-order valence-corrected chi connectivity index (χ4v) is 1.06. The molecule has 0 aliphatic rings. The van der Waals surface area contributed by atoms with Crippen LogP contribution in [0, 0.1) is 11.3 Å². The zero-order chi connectivity index (χ0) is 12.0. The van der Waals surface area contributed by atoms with Crippen LogP contribution in [0.2, 0.25) is 0 Å². The lowest BCUT2D eigenvalue weighted by Gasteiger charge is -2.22. The first kappa shape index (κ1) is 12.5. The van der Waals surface area contributed by atoms with E-state index in [1.54, 1.807) is 25.3 Å². The number of nitrogens with zero attached hydrogens (tertiary/aromatic N) is 2. The zero-order valence-corrected chi connectivity index (χ0v) is 9.86. The summed E-state index contributed by atoms with van der Waals surface area (Å²) in [5.74, 6) is 0.478. The highest BCUT2D eigenvalue weighted by Crippen LogP contribution is 2.14. The van der Waals surface area contributed by atoms with Crippen molar-refractivity contribution in [2.45, 2.75) is 25.9 Å². The Morgan fingerprint density at radius 2 is 2.19 bits per heavy atom. The smallest absolute Gasteiger partial charge is 0.214 e. The molecule has 0 aliphatic carbocycles. The molecule has 0 atom stereocenters. The normalized spacial score (nSPS) is 10.9. The average molecular weight is 220 g/mol. The highest BCUT2D eigenvalue weighted by Gasteiger charge is 2.16. The molecule has 0 fully saturated rings. The van der Waals surface area contributed by atoms with Crippen molar-refractivity contribution in [3.8, 4) is 11.9 Å². The molecule has 1 rings (SSSR count). The molecule has 0 saturated heterocycles. The largest absolute Gasteiger partial charge is 0.478 e. The van der Waals surface area contributed by atoms with Gasteiger partial charge in [0.15, 0.2) is 0 Å². The van der Waals surface area contributed by atoms with Crippen LogP contribution in [0.15, 0.2) is 18.2 Å². The van der Waals surface area contributed by atoms with Gasteiger partial charge in [-0.25, -0.2) is 4.98 Å². The minimum Gasteiger partial charge on any atom is -0.478 e. The van der Waals surface area contributed by atoms with E-state index in [1.165, 1.54) is 0 Å². The van der Waals surface area contributed by atoms with Crippen LogP contribution < -0.4 is 4.74 Å². The second-order valence-corrected chi connectivity index (χ2v) is 4.04. The number of pyridine rings is 1. The Labute approximate surface area is 95.8 Å². The third-order valence-electron chi connectivity index (χ3n) is 2.34. The van der Waals surface area contributed by atoms with Crippen molar-refractivity contribution in [2.24, 2.45) is 0 Å². The van der Waals surface area contributed by atoms with E-state index in [1.807, 2.05) is 19.9 Å². The van der Waals surface area contributed by atoms with Crippen LogP contribution in [0.5, 0.6) is 5.88 Å². The molecule has 0 spiro atoms. The Bertz CT molecular complexity index is 383. The monoisotopic (exact) mass is 220 g/mol. The maximum absolute atomic E-state index is 8.67. The first-order chi connectivity index (χ1) is 7.57. The molecule has 0 amide bonds. The van der Waals surface area contributed by atoms with Crippen LogP contribution >= 0.6 is 0 Å². The Balaban J connectivity index is 2.46. The average Bonchev–Trinajstić information content (AvgIpc) is 2.29. The van der Waals surface area contributed by atoms with Crippen molar-refractivity contribution in [1.29, 1.82) is 5.26 Å². The van der Waals surface area contributed by atoms with Crippen molar-refractivity contribution >= 4 is 0 Å². The van der Waals surface area contributed by atoms with Gasteiger partial charge in [0.25, 0.3) is 0 Å². The lowest BCUT2D eigenvalue weighted by Crippen LogP contribution is -2.25. The van der Waals surface area contributed by atoms with Gasteiger partial charge in [-0.1, -0.05) is 6.07 Å². The van der Waals surface area contributed by atoms with E-state index < -0.39 is 0 Å². The molecule has 0 radical (unpaired) electrons. The molecule has 16 heavy (non-hydrogen) atoms. The van der Waals surface area contributed by atoms with Crippen LogP contribution in [-0.2, 0) is 4.74 Å². The summed E-state index contributed by atoms with van der Waals surface area (Å²) < 4.78 is 10.7. The van der Waals surface area contributed by atoms with Crippen LogP contribution in [0.1, 0.15) is 26.0 Å². The number of nitriles is 1. The molecule has 0 N–H and O–H groups in total. The highest BCUT2D eigenvalue weighted by molar-refractivity contribution is 5.24. The van der Waals surface area contributed by atoms with Crippen molar-refractivity contribution in [3.05, 3.63) is 23.9 Å². The number of hydrogen-bond acceptors (Lipinski definition) is 4. The van der Waals surface area contributed by atoms with Gasteiger partial charge in [0, 0.05) is 19.6 Å². The molecule has 0 saturated carbocycles. The molecule has 4 heteroatoms. The zero-order valence-electron chi connectivity index (χ0n) is 9.86. The van der Waals surface area contributed by atoms with Crippen molar-refractivity contribution in [2.75, 3.05) is 13.7 Å². The molecule has 1 heterocycles. The molecule has 0 unspecified atom stereocenters. The number of aromatic nitrogens is 1. The quantitative estimate of drug-likeness (QED) is 0.763. The minimum absolute atomic E-state index is 0.202. The number of hydrogen-bond donors (Lipinski definition) is 0. The minimum atomic E-state index is -0.202. The molecular weight excluding hydrogens is 204 g/mol. The van der Waals surface area contributed by atoms with E-state index >= 15 is 0 Å². The topological polar surface area (TPSA) is 55.1 Å². The summed E-state index contributed by atoms with van der Waals surface area (Å²) in [4.78, 5) is 4.01. The Morgan fingerprint density at radius 1 is 1.44 bits per heavy atom. The number of methoxy groups -OCH3 is 1. The number of ether oxygens (including phenoxy) is 2. The van der Waals surface area contributed by atoms with Gasteiger partial charge in [-0.15, -0.1) is 0 Å². The van der Waals surface area contributed by atoms with E-state index in [4.69, 9.17) is 14.7 Å². The molecular formula is C12H16N2O2. The summed E-state index contributed by atoms with van der Waals surface area (Å²) in [6.45, 7) is 4.51. The first-order valence-electron chi connectivity index (χ1n) is 5.12. The lowest BCUT2D eigenvalue weighted by atomic mass is 10.1. The maximum Gasteiger partial charge on any atom is 0.214 e. The van der Waals surface area contributed by atoms with Crippen LogP contribution in [0.3, 0.4) is 0 Å². The predicted octanol–water partition coefficient (Wildman–Crippen LogP) is 2.15. The summed E-state index contributed by atoms with van der Waals surface area (Å²) >= 11 is 0. The summed E-state index contributed by atoms with van der Waals surface area (Å²) in [6.07, 6.45) is 0.766. The predicted molar refractivity (Wildman–Crippen MR) is 60.2 cm³/mol. The highest BCUT2D eigenvalue weighted by atomic mass is 16.5. The van der Waals surface area contributed by atoms with Crippen LogP contribution in [-0.4, -0.2) is 24.3 Å². The molecule has 1 aromatic rings. The van der Waals surface area contributed by atoms with E-state index in [2.05, 4.69) is 4.98 Å². The van der Waals surface area contributed by atoms with Gasteiger partial charge in [-0.3, -0.25) is 0 Å². The Kier molecular flexibility index (Phi) is 4.27. The second kappa shape index (κ2) is 5.47. The summed E-state index contributed by atoms with van der Waals surface area (Å²) in [5.41, 5.74) is 0.163. The van der Waals surface area contributed by atoms with Crippen molar-refractivity contribution in [1.82, 2.24) is 4.98 Å². The van der Waals surface area contributed by atoms with Gasteiger partial charge in [0.05, 0.1) is 12.2 Å². The molecule has 86 valence electrons. The van der Waals surface area contributed by atoms with E-state index in [-0.39, 0.29) is 5.60 Å². The van der Waals surface area contributed by atoms with Gasteiger partial charge >= 0.3 is 0 Å². The third kappa shape index (κ3) is 3.87. The first-order valence-corrected chi connectivity index (χ1v) is 5.12.